The van der Waals surface area contributed by atoms with Crippen molar-refractivity contribution in [2.45, 2.75) is 0 Å². The van der Waals surface area contributed by atoms with Crippen LogP contribution in [0.15, 0.2) is 54.6 Å². The third-order valence-electron chi connectivity index (χ3n) is 4.59. The Morgan fingerprint density at radius 3 is 1.93 bits per heavy atom. The Morgan fingerprint density at radius 1 is 0.759 bits per heavy atom. The van der Waals surface area contributed by atoms with Crippen LogP contribution in [0.2, 0.25) is 0 Å². The zero-order chi connectivity index (χ0) is 21.0. The van der Waals surface area contributed by atoms with E-state index >= 15 is 0 Å². The molecule has 0 heterocycles. The Labute approximate surface area is 169 Å². The summed E-state index contributed by atoms with van der Waals surface area (Å²) in [6, 6.07) is 15.3. The highest BCUT2D eigenvalue weighted by Crippen LogP contribution is 2.40. The van der Waals surface area contributed by atoms with E-state index in [1.54, 1.807) is 48.5 Å². The molecule has 29 heavy (non-hydrogen) atoms. The molecule has 0 aliphatic heterocycles. The number of para-hydroxylation sites is 1. The average Bonchev–Trinajstić information content (AvgIpc) is 2.77. The molecular formula is C23H22O6. The zero-order valence-electron chi connectivity index (χ0n) is 16.7. The van der Waals surface area contributed by atoms with Crippen molar-refractivity contribution in [2.75, 3.05) is 28.4 Å². The molecule has 3 aromatic carbocycles. The van der Waals surface area contributed by atoms with Gasteiger partial charge < -0.3 is 24.1 Å². The predicted molar refractivity (Wildman–Crippen MR) is 110 cm³/mol. The van der Waals surface area contributed by atoms with E-state index in [1.165, 1.54) is 28.4 Å². The summed E-state index contributed by atoms with van der Waals surface area (Å²) in [7, 11) is 5.98. The fraction of sp³-hybridized carbons (Fsp3) is 0.174. The first-order valence-electron chi connectivity index (χ1n) is 8.85. The molecule has 3 rings (SSSR count). The maximum absolute atomic E-state index is 13.3. The summed E-state index contributed by atoms with van der Waals surface area (Å²) in [5.74, 6) is 1.43. The Bertz CT molecular complexity index is 1020. The second-order valence-electron chi connectivity index (χ2n) is 6.18. The number of phenols is 1. The summed E-state index contributed by atoms with van der Waals surface area (Å²) >= 11 is 0. The third kappa shape index (κ3) is 3.82. The lowest BCUT2D eigenvalue weighted by Crippen LogP contribution is -2.06. The fourth-order valence-electron chi connectivity index (χ4n) is 3.14. The minimum Gasteiger partial charge on any atom is -0.507 e. The molecule has 0 unspecified atom stereocenters. The van der Waals surface area contributed by atoms with Gasteiger partial charge in [0.2, 0.25) is 5.75 Å². The quantitative estimate of drug-likeness (QED) is 0.602. The number of phenolic OH excluding ortho intramolecular Hbond substituents is 1. The molecule has 0 saturated heterocycles. The van der Waals surface area contributed by atoms with E-state index in [1.807, 2.05) is 6.07 Å². The number of carbonyl (C=O) groups is 1. The van der Waals surface area contributed by atoms with Gasteiger partial charge in [-0.15, -0.1) is 0 Å². The number of hydrogen-bond donors (Lipinski definition) is 1. The zero-order valence-corrected chi connectivity index (χ0v) is 16.7. The summed E-state index contributed by atoms with van der Waals surface area (Å²) in [6.07, 6.45) is 0. The molecule has 1 N–H and O–H groups in total. The minimum absolute atomic E-state index is 0.129. The van der Waals surface area contributed by atoms with E-state index < -0.39 is 0 Å². The summed E-state index contributed by atoms with van der Waals surface area (Å²) in [5.41, 5.74) is 2.02. The molecule has 6 nitrogen and oxygen atoms in total. The maximum atomic E-state index is 13.3. The largest absolute Gasteiger partial charge is 0.507 e. The van der Waals surface area contributed by atoms with E-state index in [-0.39, 0.29) is 11.5 Å². The first-order valence-corrected chi connectivity index (χ1v) is 8.85. The number of carbonyl (C=O) groups excluding carboxylic acids is 1. The van der Waals surface area contributed by atoms with Crippen molar-refractivity contribution >= 4 is 5.78 Å². The number of benzene rings is 3. The number of hydrogen-bond acceptors (Lipinski definition) is 6. The van der Waals surface area contributed by atoms with E-state index in [9.17, 15) is 9.90 Å². The number of aromatic hydroxyl groups is 1. The van der Waals surface area contributed by atoms with Gasteiger partial charge in [0.05, 0.1) is 34.0 Å². The monoisotopic (exact) mass is 394 g/mol. The highest BCUT2D eigenvalue weighted by molar-refractivity contribution is 6.12. The van der Waals surface area contributed by atoms with Crippen molar-refractivity contribution in [3.8, 4) is 39.9 Å². The summed E-state index contributed by atoms with van der Waals surface area (Å²) < 4.78 is 21.4. The van der Waals surface area contributed by atoms with Gasteiger partial charge in [0.1, 0.15) is 11.5 Å². The molecule has 6 heteroatoms. The Balaban J connectivity index is 2.14. The number of rotatable bonds is 7. The van der Waals surface area contributed by atoms with Gasteiger partial charge in [0.15, 0.2) is 17.3 Å². The Hall–Kier alpha value is -3.67. The van der Waals surface area contributed by atoms with Gasteiger partial charge in [0, 0.05) is 11.1 Å². The molecule has 0 atom stereocenters. The number of ketones is 1. The molecule has 0 saturated carbocycles. The fourth-order valence-corrected chi connectivity index (χ4v) is 3.14. The predicted octanol–water partition coefficient (Wildman–Crippen LogP) is 4.32. The smallest absolute Gasteiger partial charge is 0.203 e. The van der Waals surface area contributed by atoms with E-state index in [4.69, 9.17) is 18.9 Å². The van der Waals surface area contributed by atoms with Gasteiger partial charge in [-0.05, 0) is 35.9 Å². The highest BCUT2D eigenvalue weighted by atomic mass is 16.5. The first-order chi connectivity index (χ1) is 14.0. The lowest BCUT2D eigenvalue weighted by atomic mass is 9.96. The van der Waals surface area contributed by atoms with Gasteiger partial charge in [-0.25, -0.2) is 0 Å². The molecule has 0 spiro atoms. The van der Waals surface area contributed by atoms with E-state index in [2.05, 4.69) is 0 Å². The van der Waals surface area contributed by atoms with Gasteiger partial charge >= 0.3 is 0 Å². The van der Waals surface area contributed by atoms with Crippen molar-refractivity contribution in [3.63, 3.8) is 0 Å². The second-order valence-corrected chi connectivity index (χ2v) is 6.18. The maximum Gasteiger partial charge on any atom is 0.203 e. The molecule has 3 aromatic rings. The van der Waals surface area contributed by atoms with Crippen LogP contribution in [0.5, 0.6) is 28.7 Å². The van der Waals surface area contributed by atoms with Crippen LogP contribution in [-0.2, 0) is 0 Å². The van der Waals surface area contributed by atoms with Crippen molar-refractivity contribution in [3.05, 3.63) is 65.7 Å². The number of methoxy groups -OCH3 is 4. The van der Waals surface area contributed by atoms with Gasteiger partial charge in [0.25, 0.3) is 0 Å². The van der Waals surface area contributed by atoms with Crippen molar-refractivity contribution in [1.82, 2.24) is 0 Å². The summed E-state index contributed by atoms with van der Waals surface area (Å²) in [4.78, 5) is 13.3. The van der Waals surface area contributed by atoms with Crippen LogP contribution in [0, 0.1) is 0 Å². The van der Waals surface area contributed by atoms with Crippen LogP contribution >= 0.6 is 0 Å². The van der Waals surface area contributed by atoms with Crippen molar-refractivity contribution < 1.29 is 28.8 Å². The normalized spacial score (nSPS) is 10.3. The highest BCUT2D eigenvalue weighted by Gasteiger charge is 2.21. The lowest BCUT2D eigenvalue weighted by Gasteiger charge is -2.15. The minimum atomic E-state index is -0.279. The molecule has 0 aliphatic rings. The van der Waals surface area contributed by atoms with Crippen LogP contribution in [0.25, 0.3) is 11.1 Å². The summed E-state index contributed by atoms with van der Waals surface area (Å²) in [6.45, 7) is 0. The van der Waals surface area contributed by atoms with Gasteiger partial charge in [-0.1, -0.05) is 24.3 Å². The second kappa shape index (κ2) is 8.56. The van der Waals surface area contributed by atoms with E-state index in [0.29, 0.717) is 45.3 Å². The third-order valence-corrected chi connectivity index (χ3v) is 4.59. The topological polar surface area (TPSA) is 74.2 Å². The molecule has 0 fully saturated rings. The molecule has 0 amide bonds. The van der Waals surface area contributed by atoms with Gasteiger partial charge in [-0.2, -0.15) is 0 Å². The average molecular weight is 394 g/mol. The number of ether oxygens (including phenoxy) is 4. The molecule has 0 aliphatic carbocycles. The first kappa shape index (κ1) is 20.1. The molecule has 0 radical (unpaired) electrons. The van der Waals surface area contributed by atoms with Crippen molar-refractivity contribution in [1.29, 1.82) is 0 Å². The van der Waals surface area contributed by atoms with Crippen LogP contribution in [0.3, 0.4) is 0 Å². The SMILES string of the molecule is COc1ccc(-c2ccccc2O)cc1C(=O)c1cc(OC)c(OC)c(OC)c1. The van der Waals surface area contributed by atoms with Crippen LogP contribution in [0.4, 0.5) is 0 Å². The summed E-state index contributed by atoms with van der Waals surface area (Å²) in [5, 5.41) is 10.2. The molecular weight excluding hydrogens is 372 g/mol. The Kier molecular flexibility index (Phi) is 5.93. The molecule has 0 bridgehead atoms. The van der Waals surface area contributed by atoms with Gasteiger partial charge in [-0.3, -0.25) is 4.79 Å². The van der Waals surface area contributed by atoms with Crippen LogP contribution in [-0.4, -0.2) is 39.3 Å². The van der Waals surface area contributed by atoms with Crippen LogP contribution in [0.1, 0.15) is 15.9 Å². The molecule has 150 valence electrons. The Morgan fingerprint density at radius 2 is 1.38 bits per heavy atom. The molecule has 0 aromatic heterocycles. The van der Waals surface area contributed by atoms with Crippen LogP contribution < -0.4 is 18.9 Å². The standard InChI is InChI=1S/C23H22O6/c1-26-19-10-9-14(16-7-5-6-8-18(16)24)11-17(19)22(25)15-12-20(27-2)23(29-4)21(13-15)28-3/h5-13,24H,1-4H3. The van der Waals surface area contributed by atoms with Crippen molar-refractivity contribution in [2.24, 2.45) is 0 Å². The lowest BCUT2D eigenvalue weighted by molar-refractivity contribution is 0.103. The van der Waals surface area contributed by atoms with E-state index in [0.717, 1.165) is 0 Å².